The standard InChI is InChI=1S/C56H31N7/c1-59-45-24-21-39(22-25-45)49-32-44(52-33-51(40-11-5-3-6-12-40)61-56(62-52)41-13-7-4-8-14-41)31-48(38-19-17-36(34-57)18-20-38)55(49)63-53-16-10-9-15-47(53)50-30-42(23-26-54(50)63)43-27-37(35-58)28-46(29-43)60-2/h3-33H. The van der Waals surface area contributed by atoms with Gasteiger partial charge >= 0.3 is 0 Å². The van der Waals surface area contributed by atoms with Gasteiger partial charge in [-0.1, -0.05) is 121 Å². The van der Waals surface area contributed by atoms with Gasteiger partial charge in [-0.2, -0.15) is 10.5 Å². The van der Waals surface area contributed by atoms with Gasteiger partial charge in [-0.3, -0.25) is 0 Å². The van der Waals surface area contributed by atoms with E-state index in [2.05, 4.69) is 62.8 Å². The Morgan fingerprint density at radius 3 is 1.63 bits per heavy atom. The number of hydrogen-bond acceptors (Lipinski definition) is 4. The highest BCUT2D eigenvalue weighted by molar-refractivity contribution is 6.12. The maximum Gasteiger partial charge on any atom is 0.189 e. The molecule has 0 N–H and O–H groups in total. The van der Waals surface area contributed by atoms with Gasteiger partial charge < -0.3 is 4.57 Å². The minimum absolute atomic E-state index is 0.406. The molecule has 0 fully saturated rings. The van der Waals surface area contributed by atoms with Crippen LogP contribution in [-0.4, -0.2) is 14.5 Å². The molecule has 0 amide bonds. The van der Waals surface area contributed by atoms with E-state index in [4.69, 9.17) is 23.1 Å². The number of nitrogens with zero attached hydrogens (tertiary/aromatic N) is 7. The van der Waals surface area contributed by atoms with Crippen molar-refractivity contribution < 1.29 is 0 Å². The lowest BCUT2D eigenvalue weighted by Gasteiger charge is -2.21. The van der Waals surface area contributed by atoms with Crippen molar-refractivity contribution in [1.82, 2.24) is 14.5 Å². The smallest absolute Gasteiger partial charge is 0.189 e. The molecule has 0 saturated carbocycles. The highest BCUT2D eigenvalue weighted by Gasteiger charge is 2.23. The lowest BCUT2D eigenvalue weighted by molar-refractivity contribution is 1.17. The highest BCUT2D eigenvalue weighted by Crippen LogP contribution is 2.45. The second-order valence-corrected chi connectivity index (χ2v) is 15.0. The number of para-hydroxylation sites is 1. The molecule has 0 radical (unpaired) electrons. The molecule has 2 aromatic heterocycles. The summed E-state index contributed by atoms with van der Waals surface area (Å²) >= 11 is 0. The van der Waals surface area contributed by atoms with Gasteiger partial charge in [-0.15, -0.1) is 0 Å². The van der Waals surface area contributed by atoms with E-state index in [0.29, 0.717) is 28.3 Å². The Labute approximate surface area is 364 Å². The van der Waals surface area contributed by atoms with Crippen LogP contribution in [-0.2, 0) is 0 Å². The Morgan fingerprint density at radius 1 is 0.413 bits per heavy atom. The first-order valence-corrected chi connectivity index (χ1v) is 20.2. The largest absolute Gasteiger partial charge is 0.308 e. The first-order valence-electron chi connectivity index (χ1n) is 20.2. The number of benzene rings is 8. The van der Waals surface area contributed by atoms with Crippen LogP contribution < -0.4 is 0 Å². The van der Waals surface area contributed by atoms with Crippen LogP contribution >= 0.6 is 0 Å². The van der Waals surface area contributed by atoms with E-state index in [9.17, 15) is 10.5 Å². The molecule has 63 heavy (non-hydrogen) atoms. The molecular formula is C56H31N7. The number of rotatable bonds is 7. The van der Waals surface area contributed by atoms with Crippen LogP contribution in [0.3, 0.4) is 0 Å². The van der Waals surface area contributed by atoms with Crippen LogP contribution in [0.5, 0.6) is 0 Å². The predicted molar refractivity (Wildman–Crippen MR) is 251 cm³/mol. The van der Waals surface area contributed by atoms with Gasteiger partial charge in [0, 0.05) is 44.2 Å². The number of hydrogen-bond donors (Lipinski definition) is 0. The molecule has 0 aliphatic rings. The van der Waals surface area contributed by atoms with E-state index < -0.39 is 0 Å². The summed E-state index contributed by atoms with van der Waals surface area (Å²) in [5.74, 6) is 0.598. The zero-order valence-electron chi connectivity index (χ0n) is 33.5. The molecule has 7 nitrogen and oxygen atoms in total. The first kappa shape index (κ1) is 37.8. The first-order chi connectivity index (χ1) is 31.0. The second kappa shape index (κ2) is 16.0. The molecular weight excluding hydrogens is 771 g/mol. The molecule has 0 atom stereocenters. The molecule has 0 bridgehead atoms. The van der Waals surface area contributed by atoms with Crippen LogP contribution in [0.25, 0.3) is 104 Å². The van der Waals surface area contributed by atoms with Gasteiger partial charge in [0.2, 0.25) is 0 Å². The maximum absolute atomic E-state index is 9.85. The van der Waals surface area contributed by atoms with E-state index in [0.717, 1.165) is 89.0 Å². The van der Waals surface area contributed by atoms with Gasteiger partial charge in [0.1, 0.15) is 0 Å². The molecule has 7 heteroatoms. The van der Waals surface area contributed by atoms with E-state index in [1.165, 1.54) is 0 Å². The molecule has 10 rings (SSSR count). The molecule has 0 spiro atoms. The van der Waals surface area contributed by atoms with Crippen LogP contribution in [0, 0.1) is 35.8 Å². The fraction of sp³-hybridized carbons (Fsp3) is 0. The Hall–Kier alpha value is -9.40. The number of fused-ring (bicyclic) bond motifs is 3. The Bertz CT molecular complexity index is 3410. The summed E-state index contributed by atoms with van der Waals surface area (Å²) in [6, 6.07) is 66.1. The molecule has 0 saturated heterocycles. The summed E-state index contributed by atoms with van der Waals surface area (Å²) in [5.41, 5.74) is 14.2. The van der Waals surface area contributed by atoms with Gasteiger partial charge in [0.15, 0.2) is 17.2 Å². The number of aromatic nitrogens is 3. The zero-order valence-corrected chi connectivity index (χ0v) is 33.5. The third-order valence-corrected chi connectivity index (χ3v) is 11.3. The fourth-order valence-corrected chi connectivity index (χ4v) is 8.27. The summed E-state index contributed by atoms with van der Waals surface area (Å²) < 4.78 is 2.30. The van der Waals surface area contributed by atoms with Gasteiger partial charge in [-0.05, 0) is 89.0 Å². The molecule has 10 aromatic rings. The Balaban J connectivity index is 1.31. The highest BCUT2D eigenvalue weighted by atomic mass is 15.0. The van der Waals surface area contributed by atoms with E-state index in [1.807, 2.05) is 146 Å². The third-order valence-electron chi connectivity index (χ3n) is 11.3. The average Bonchev–Trinajstić information content (AvgIpc) is 3.69. The van der Waals surface area contributed by atoms with Gasteiger partial charge in [0.05, 0.1) is 59.0 Å². The van der Waals surface area contributed by atoms with Gasteiger partial charge in [0.25, 0.3) is 0 Å². The predicted octanol–water partition coefficient (Wildman–Crippen LogP) is 14.4. The van der Waals surface area contributed by atoms with E-state index >= 15 is 0 Å². The second-order valence-electron chi connectivity index (χ2n) is 15.0. The Morgan fingerprint density at radius 2 is 0.984 bits per heavy atom. The van der Waals surface area contributed by atoms with E-state index in [1.54, 1.807) is 6.07 Å². The summed E-state index contributed by atoms with van der Waals surface area (Å²) in [7, 11) is 0. The minimum Gasteiger partial charge on any atom is -0.308 e. The van der Waals surface area contributed by atoms with E-state index in [-0.39, 0.29) is 0 Å². The summed E-state index contributed by atoms with van der Waals surface area (Å²) in [4.78, 5) is 17.7. The minimum atomic E-state index is 0.406. The lowest BCUT2D eigenvalue weighted by Crippen LogP contribution is -2.03. The van der Waals surface area contributed by atoms with Crippen molar-refractivity contribution >= 4 is 33.2 Å². The average molecular weight is 802 g/mol. The molecule has 0 unspecified atom stereocenters. The van der Waals surface area contributed by atoms with Gasteiger partial charge in [-0.25, -0.2) is 19.7 Å². The SMILES string of the molecule is [C-]#[N+]c1ccc(-c2cc(-c3cc(-c4ccccc4)nc(-c4ccccc4)n3)cc(-c3ccc(C#N)cc3)c2-n2c3ccccc3c3cc(-c4cc(C#N)cc([N+]#[C-])c4)ccc32)cc1. The lowest BCUT2D eigenvalue weighted by atomic mass is 9.91. The van der Waals surface area contributed by atoms with Crippen molar-refractivity contribution in [3.63, 3.8) is 0 Å². The van der Waals surface area contributed by atoms with Crippen molar-refractivity contribution in [3.8, 4) is 85.1 Å². The molecule has 8 aromatic carbocycles. The zero-order chi connectivity index (χ0) is 42.9. The van der Waals surface area contributed by atoms with Crippen molar-refractivity contribution in [1.29, 1.82) is 10.5 Å². The van der Waals surface area contributed by atoms with Crippen molar-refractivity contribution in [2.45, 2.75) is 0 Å². The fourth-order valence-electron chi connectivity index (χ4n) is 8.27. The summed E-state index contributed by atoms with van der Waals surface area (Å²) in [5, 5.41) is 21.7. The van der Waals surface area contributed by atoms with Crippen LogP contribution in [0.15, 0.2) is 188 Å². The van der Waals surface area contributed by atoms with Crippen molar-refractivity contribution in [2.75, 3.05) is 0 Å². The van der Waals surface area contributed by atoms with Crippen molar-refractivity contribution in [3.05, 3.63) is 222 Å². The summed E-state index contributed by atoms with van der Waals surface area (Å²) in [6.45, 7) is 15.4. The monoisotopic (exact) mass is 801 g/mol. The van der Waals surface area contributed by atoms with Crippen LogP contribution in [0.1, 0.15) is 11.1 Å². The topological polar surface area (TPSA) is 87.0 Å². The number of nitriles is 2. The third kappa shape index (κ3) is 7.01. The molecule has 290 valence electrons. The quantitative estimate of drug-likeness (QED) is 0.150. The van der Waals surface area contributed by atoms with Crippen molar-refractivity contribution in [2.24, 2.45) is 0 Å². The molecule has 0 aliphatic heterocycles. The summed E-state index contributed by atoms with van der Waals surface area (Å²) in [6.07, 6.45) is 0. The van der Waals surface area contributed by atoms with Crippen LogP contribution in [0.2, 0.25) is 0 Å². The van der Waals surface area contributed by atoms with Crippen LogP contribution in [0.4, 0.5) is 11.4 Å². The molecule has 0 aliphatic carbocycles. The Kier molecular flexibility index (Phi) is 9.60. The normalized spacial score (nSPS) is 10.8. The maximum atomic E-state index is 9.85. The molecule has 2 heterocycles.